The Balaban J connectivity index is 0.000000256. The van der Waals surface area contributed by atoms with Crippen LogP contribution in [0.1, 0.15) is 54.8 Å². The average Bonchev–Trinajstić information content (AvgIpc) is 3.14. The van der Waals surface area contributed by atoms with E-state index in [1.807, 2.05) is 45.8 Å². The summed E-state index contributed by atoms with van der Waals surface area (Å²) in [6, 6.07) is 21.9. The van der Waals surface area contributed by atoms with E-state index in [0.717, 1.165) is 34.5 Å². The number of nitrogens with zero attached hydrogens (tertiary/aromatic N) is 2. The van der Waals surface area contributed by atoms with E-state index in [-0.39, 0.29) is 24.6 Å². The van der Waals surface area contributed by atoms with E-state index in [9.17, 15) is 44.0 Å². The highest BCUT2D eigenvalue weighted by molar-refractivity contribution is 7.92. The number of para-hydroxylation sites is 2. The fourth-order valence-electron chi connectivity index (χ4n) is 5.06. The number of hydrogen-bond acceptors (Lipinski definition) is 9. The third-order valence-corrected chi connectivity index (χ3v) is 10.5. The molecule has 6 aromatic rings. The number of fused-ring (bicyclic) bond motifs is 2. The number of nitrogens with one attached hydrogen (secondary N) is 3. The number of sulfonamides is 2. The minimum Gasteiger partial charge on any atom is -0.477 e. The molecule has 0 fully saturated rings. The molecule has 0 atom stereocenters. The lowest BCUT2D eigenvalue weighted by Crippen LogP contribution is -2.20. The molecule has 0 saturated heterocycles. The summed E-state index contributed by atoms with van der Waals surface area (Å²) in [6.45, 7) is 3.26. The van der Waals surface area contributed by atoms with Crippen LogP contribution in [-0.4, -0.2) is 55.3 Å². The van der Waals surface area contributed by atoms with Crippen molar-refractivity contribution in [2.45, 2.75) is 34.1 Å². The van der Waals surface area contributed by atoms with Crippen molar-refractivity contribution < 1.29 is 49.1 Å². The number of carboxylic acids is 1. The molecular formula is C39H40F4N6O7S2. The number of aromatic nitrogens is 2. The van der Waals surface area contributed by atoms with Gasteiger partial charge in [-0.15, -0.1) is 0 Å². The zero-order chi connectivity index (χ0) is 41.9. The van der Waals surface area contributed by atoms with E-state index >= 15 is 0 Å². The number of rotatable bonds is 11. The van der Waals surface area contributed by atoms with E-state index in [1.54, 1.807) is 44.3 Å². The Morgan fingerprint density at radius 1 is 0.672 bits per heavy atom. The van der Waals surface area contributed by atoms with Gasteiger partial charge in [0.25, 0.3) is 5.91 Å². The van der Waals surface area contributed by atoms with Crippen LogP contribution in [0.15, 0.2) is 97.3 Å². The first-order valence-corrected chi connectivity index (χ1v) is 20.2. The van der Waals surface area contributed by atoms with Crippen LogP contribution in [0.3, 0.4) is 0 Å². The highest BCUT2D eigenvalue weighted by Crippen LogP contribution is 2.25. The molecule has 0 aliphatic heterocycles. The van der Waals surface area contributed by atoms with Crippen LogP contribution >= 0.6 is 0 Å². The van der Waals surface area contributed by atoms with Gasteiger partial charge in [0.2, 0.25) is 20.0 Å². The summed E-state index contributed by atoms with van der Waals surface area (Å²) in [4.78, 5) is 31.4. The Bertz CT molecular complexity index is 2650. The zero-order valence-electron chi connectivity index (χ0n) is 30.3. The van der Waals surface area contributed by atoms with Gasteiger partial charge in [-0.05, 0) is 61.4 Å². The number of benzene rings is 4. The molecule has 0 spiro atoms. The molecule has 0 bridgehead atoms. The van der Waals surface area contributed by atoms with Gasteiger partial charge in [0.15, 0.2) is 11.6 Å². The number of hydrogen-bond donors (Lipinski definition) is 5. The molecule has 6 N–H and O–H groups in total. The van der Waals surface area contributed by atoms with Crippen LogP contribution in [0.2, 0.25) is 0 Å². The van der Waals surface area contributed by atoms with Crippen molar-refractivity contribution in [3.63, 3.8) is 0 Å². The van der Waals surface area contributed by atoms with Crippen molar-refractivity contribution >= 4 is 76.5 Å². The number of pyridine rings is 2. The van der Waals surface area contributed by atoms with E-state index in [4.69, 9.17) is 10.8 Å². The maximum atomic E-state index is 14.7. The zero-order valence-corrected chi connectivity index (χ0v) is 31.9. The van der Waals surface area contributed by atoms with Crippen LogP contribution in [0, 0.1) is 23.3 Å². The number of nitrogens with two attached hydrogens (primary N) is 1. The van der Waals surface area contributed by atoms with Crippen molar-refractivity contribution in [3.05, 3.63) is 132 Å². The van der Waals surface area contributed by atoms with Crippen LogP contribution in [0.4, 0.5) is 40.3 Å². The molecule has 1 amide bonds. The Labute approximate surface area is 332 Å². The molecule has 2 heterocycles. The molecule has 2 aromatic heterocycles. The Morgan fingerprint density at radius 3 is 1.62 bits per heavy atom. The normalized spacial score (nSPS) is 10.9. The van der Waals surface area contributed by atoms with Crippen molar-refractivity contribution in [1.82, 2.24) is 9.97 Å². The van der Waals surface area contributed by atoms with Crippen molar-refractivity contribution in [3.8, 4) is 0 Å². The standard InChI is InChI=1S/C19H17F2N3O3S.C10H11F2NO4S.C9H8N2.CH4/c1-2-9-28(26,27)24-16-8-7-14(20)17(18(16)21)19(25)23-13-10-12-5-3-4-6-15(12)22-11-13;1-2-5-18(16,17)13-7-4-3-6(11)8(9(7)12)10(14)15;10-8-5-7-3-1-2-4-9(7)11-6-8;/h3-8,10-11,24H,2,9H2,1H3,(H,23,25);3-4,13H,2,5H2,1H3,(H,14,15);1-6H,10H2;1H4. The van der Waals surface area contributed by atoms with Gasteiger partial charge in [-0.2, -0.15) is 0 Å². The fraction of sp³-hybridized carbons (Fsp3) is 0.179. The number of amides is 1. The summed E-state index contributed by atoms with van der Waals surface area (Å²) in [5, 5.41) is 12.8. The lowest BCUT2D eigenvalue weighted by Gasteiger charge is -2.12. The largest absolute Gasteiger partial charge is 0.477 e. The SMILES string of the molecule is C.CCCS(=O)(=O)Nc1ccc(F)c(C(=O)Nc2cnc3ccccc3c2)c1F.CCCS(=O)(=O)Nc1ccc(F)c(C(=O)O)c1F.Nc1cnc2ccccc2c1. The molecule has 58 heavy (non-hydrogen) atoms. The van der Waals surface area contributed by atoms with Gasteiger partial charge in [-0.1, -0.05) is 57.7 Å². The van der Waals surface area contributed by atoms with Crippen LogP contribution < -0.4 is 20.5 Å². The smallest absolute Gasteiger partial charge is 0.341 e. The van der Waals surface area contributed by atoms with Gasteiger partial charge in [0, 0.05) is 10.8 Å². The number of nitrogen functional groups attached to an aromatic ring is 1. The second-order valence-electron chi connectivity index (χ2n) is 12.0. The van der Waals surface area contributed by atoms with Crippen molar-refractivity contribution in [2.24, 2.45) is 0 Å². The second-order valence-corrected chi connectivity index (χ2v) is 15.7. The van der Waals surface area contributed by atoms with Gasteiger partial charge in [0.1, 0.15) is 22.8 Å². The molecule has 4 aromatic carbocycles. The van der Waals surface area contributed by atoms with Gasteiger partial charge < -0.3 is 16.2 Å². The molecule has 0 saturated carbocycles. The predicted octanol–water partition coefficient (Wildman–Crippen LogP) is 8.18. The number of anilines is 4. The lowest BCUT2D eigenvalue weighted by atomic mass is 10.1. The topological polar surface area (TPSA) is 211 Å². The predicted molar refractivity (Wildman–Crippen MR) is 218 cm³/mol. The maximum Gasteiger partial charge on any atom is 0.341 e. The highest BCUT2D eigenvalue weighted by atomic mass is 32.2. The molecular weight excluding hydrogens is 805 g/mol. The number of halogens is 4. The third kappa shape index (κ3) is 12.3. The molecule has 0 aliphatic rings. The van der Waals surface area contributed by atoms with E-state index in [1.165, 1.54) is 6.20 Å². The molecule has 0 radical (unpaired) electrons. The summed E-state index contributed by atoms with van der Waals surface area (Å²) in [5.41, 5.74) is 5.07. The minimum atomic E-state index is -3.80. The number of carbonyl (C=O) groups excluding carboxylic acids is 1. The van der Waals surface area contributed by atoms with E-state index < -0.39 is 77.7 Å². The summed E-state index contributed by atoms with van der Waals surface area (Å²) >= 11 is 0. The van der Waals surface area contributed by atoms with Crippen molar-refractivity contribution in [2.75, 3.05) is 32.0 Å². The second kappa shape index (κ2) is 20.2. The summed E-state index contributed by atoms with van der Waals surface area (Å²) < 4.78 is 106. The molecule has 19 heteroatoms. The molecule has 0 aliphatic carbocycles. The van der Waals surface area contributed by atoms with Gasteiger partial charge in [-0.3, -0.25) is 24.2 Å². The molecule has 308 valence electrons. The number of carboxylic acid groups (broad SMARTS) is 1. The van der Waals surface area contributed by atoms with Crippen LogP contribution in [0.25, 0.3) is 21.8 Å². The lowest BCUT2D eigenvalue weighted by molar-refractivity contribution is 0.0686. The van der Waals surface area contributed by atoms with Gasteiger partial charge in [0.05, 0.1) is 57.7 Å². The monoisotopic (exact) mass is 844 g/mol. The number of aromatic carboxylic acids is 1. The molecule has 13 nitrogen and oxygen atoms in total. The number of carbonyl (C=O) groups is 2. The summed E-state index contributed by atoms with van der Waals surface area (Å²) in [7, 11) is -7.57. The van der Waals surface area contributed by atoms with Gasteiger partial charge in [-0.25, -0.2) is 39.2 Å². The summed E-state index contributed by atoms with van der Waals surface area (Å²) in [6.07, 6.45) is 3.66. The fourth-order valence-corrected chi connectivity index (χ4v) is 7.33. The first-order valence-electron chi connectivity index (χ1n) is 16.9. The van der Waals surface area contributed by atoms with E-state index in [2.05, 4.69) is 15.3 Å². The van der Waals surface area contributed by atoms with Crippen LogP contribution in [-0.2, 0) is 20.0 Å². The quantitative estimate of drug-likeness (QED) is 0.0790. The maximum absolute atomic E-state index is 14.7. The molecule has 0 unspecified atom stereocenters. The Hall–Kier alpha value is -6.34. The summed E-state index contributed by atoms with van der Waals surface area (Å²) in [5.74, 6) is -8.43. The van der Waals surface area contributed by atoms with Crippen LogP contribution in [0.5, 0.6) is 0 Å². The Morgan fingerprint density at radius 2 is 1.12 bits per heavy atom. The molecule has 6 rings (SSSR count). The van der Waals surface area contributed by atoms with Crippen molar-refractivity contribution in [1.29, 1.82) is 0 Å². The first kappa shape index (κ1) is 46.0. The first-order chi connectivity index (χ1) is 26.9. The third-order valence-electron chi connectivity index (χ3n) is 7.56. The Kier molecular flexibility index (Phi) is 16.0. The van der Waals surface area contributed by atoms with Gasteiger partial charge >= 0.3 is 5.97 Å². The average molecular weight is 845 g/mol. The highest BCUT2D eigenvalue weighted by Gasteiger charge is 2.24. The van der Waals surface area contributed by atoms with E-state index in [0.29, 0.717) is 30.1 Å². The minimum absolute atomic E-state index is 0.